The van der Waals surface area contributed by atoms with Gasteiger partial charge < -0.3 is 29.7 Å². The SMILES string of the molecule is NC(=O)Oc1c(Cl)cc(-c2nn(C3CCNCC3)c(=O)o2)c2c1OCC(Cc1ccccc1)O2. The molecule has 178 valence electrons. The molecule has 2 aliphatic rings. The Balaban J connectivity index is 1.55. The van der Waals surface area contributed by atoms with Crippen LogP contribution >= 0.6 is 11.6 Å². The maximum Gasteiger partial charge on any atom is 0.437 e. The van der Waals surface area contributed by atoms with E-state index < -0.39 is 11.8 Å². The average Bonchev–Trinajstić information content (AvgIpc) is 3.23. The van der Waals surface area contributed by atoms with Crippen molar-refractivity contribution in [3.63, 3.8) is 0 Å². The number of halogens is 1. The highest BCUT2D eigenvalue weighted by Gasteiger charge is 2.33. The van der Waals surface area contributed by atoms with Gasteiger partial charge in [0.25, 0.3) is 5.89 Å². The van der Waals surface area contributed by atoms with Crippen molar-refractivity contribution < 1.29 is 23.4 Å². The minimum absolute atomic E-state index is 0.0382. The number of ether oxygens (including phenoxy) is 3. The Kier molecular flexibility index (Phi) is 6.16. The third-order valence-corrected chi connectivity index (χ3v) is 6.09. The van der Waals surface area contributed by atoms with Crippen LogP contribution < -0.4 is 31.0 Å². The Morgan fingerprint density at radius 1 is 1.24 bits per heavy atom. The van der Waals surface area contributed by atoms with Gasteiger partial charge in [-0.25, -0.2) is 9.59 Å². The number of rotatable bonds is 5. The normalized spacial score (nSPS) is 18.0. The van der Waals surface area contributed by atoms with E-state index in [-0.39, 0.29) is 46.9 Å². The molecule has 0 radical (unpaired) electrons. The largest absolute Gasteiger partial charge is 0.482 e. The Hall–Kier alpha value is -3.50. The lowest BCUT2D eigenvalue weighted by Crippen LogP contribution is -2.33. The summed E-state index contributed by atoms with van der Waals surface area (Å²) in [6.07, 6.45) is 0.689. The first kappa shape index (κ1) is 22.3. The summed E-state index contributed by atoms with van der Waals surface area (Å²) < 4.78 is 24.1. The number of amides is 1. The number of carbonyl (C=O) groups excluding carboxylic acids is 1. The van der Waals surface area contributed by atoms with E-state index in [4.69, 9.17) is 36.0 Å². The number of hydrogen-bond donors (Lipinski definition) is 2. The van der Waals surface area contributed by atoms with E-state index in [9.17, 15) is 9.59 Å². The third-order valence-electron chi connectivity index (χ3n) is 5.81. The summed E-state index contributed by atoms with van der Waals surface area (Å²) in [5, 5.41) is 7.73. The standard InChI is InChI=1S/C23H23ClN4O6/c24-17-11-16(21-27-28(23(30)34-21)14-6-8-26-9-7-14)18-20(19(17)33-22(25)29)31-12-15(32-18)10-13-4-2-1-3-5-13/h1-5,11,14-15,26H,6-10,12H2,(H2,25,29). The quantitative estimate of drug-likeness (QED) is 0.562. The number of nitrogens with zero attached hydrogens (tertiary/aromatic N) is 2. The molecule has 0 bridgehead atoms. The Bertz CT molecular complexity index is 1250. The molecule has 10 nitrogen and oxygen atoms in total. The van der Waals surface area contributed by atoms with Crippen molar-refractivity contribution in [2.24, 2.45) is 5.73 Å². The zero-order valence-electron chi connectivity index (χ0n) is 18.2. The Labute approximate surface area is 199 Å². The highest BCUT2D eigenvalue weighted by atomic mass is 35.5. The molecule has 0 aliphatic carbocycles. The lowest BCUT2D eigenvalue weighted by Gasteiger charge is -2.29. The van der Waals surface area contributed by atoms with Crippen LogP contribution in [0, 0.1) is 0 Å². The number of nitrogens with two attached hydrogens (primary N) is 1. The van der Waals surface area contributed by atoms with Gasteiger partial charge in [-0.1, -0.05) is 41.9 Å². The van der Waals surface area contributed by atoms with Gasteiger partial charge in [0, 0.05) is 6.42 Å². The van der Waals surface area contributed by atoms with Crippen molar-refractivity contribution in [2.75, 3.05) is 19.7 Å². The van der Waals surface area contributed by atoms with Crippen LogP contribution in [0.2, 0.25) is 5.02 Å². The molecule has 1 unspecified atom stereocenters. The van der Waals surface area contributed by atoms with E-state index in [1.807, 2.05) is 30.3 Å². The first-order valence-electron chi connectivity index (χ1n) is 11.0. The monoisotopic (exact) mass is 486 g/mol. The summed E-state index contributed by atoms with van der Waals surface area (Å²) in [5.74, 6) is -0.277. The van der Waals surface area contributed by atoms with E-state index in [0.717, 1.165) is 31.5 Å². The van der Waals surface area contributed by atoms with Gasteiger partial charge in [-0.05, 0) is 37.6 Å². The van der Waals surface area contributed by atoms with Gasteiger partial charge in [-0.15, -0.1) is 5.10 Å². The van der Waals surface area contributed by atoms with Crippen LogP contribution in [0.5, 0.6) is 17.2 Å². The molecule has 3 heterocycles. The molecule has 1 atom stereocenters. The first-order valence-corrected chi connectivity index (χ1v) is 11.4. The first-order chi connectivity index (χ1) is 16.5. The number of hydrogen-bond acceptors (Lipinski definition) is 8. The lowest BCUT2D eigenvalue weighted by atomic mass is 10.1. The van der Waals surface area contributed by atoms with E-state index in [1.165, 1.54) is 10.7 Å². The molecule has 1 fully saturated rings. The molecule has 2 aliphatic heterocycles. The molecule has 2 aromatic carbocycles. The van der Waals surface area contributed by atoms with E-state index in [1.54, 1.807) is 0 Å². The highest BCUT2D eigenvalue weighted by molar-refractivity contribution is 6.33. The second-order valence-corrected chi connectivity index (χ2v) is 8.56. The molecule has 34 heavy (non-hydrogen) atoms. The van der Waals surface area contributed by atoms with Crippen LogP contribution in [0.4, 0.5) is 4.79 Å². The van der Waals surface area contributed by atoms with Crippen LogP contribution in [0.15, 0.2) is 45.6 Å². The summed E-state index contributed by atoms with van der Waals surface area (Å²) in [5.41, 5.74) is 6.59. The van der Waals surface area contributed by atoms with Crippen molar-refractivity contribution >= 4 is 17.7 Å². The smallest absolute Gasteiger partial charge is 0.437 e. The van der Waals surface area contributed by atoms with E-state index in [2.05, 4.69) is 10.4 Å². The van der Waals surface area contributed by atoms with Gasteiger partial charge in [-0.2, -0.15) is 4.68 Å². The molecule has 0 spiro atoms. The summed E-state index contributed by atoms with van der Waals surface area (Å²) in [7, 11) is 0. The van der Waals surface area contributed by atoms with Gasteiger partial charge in [0.2, 0.25) is 5.75 Å². The average molecular weight is 487 g/mol. The topological polar surface area (TPSA) is 131 Å². The predicted octanol–water partition coefficient (Wildman–Crippen LogP) is 2.92. The van der Waals surface area contributed by atoms with Gasteiger partial charge in [0.15, 0.2) is 11.5 Å². The number of aromatic nitrogens is 2. The second kappa shape index (κ2) is 9.40. The Morgan fingerprint density at radius 2 is 2.00 bits per heavy atom. The van der Waals surface area contributed by atoms with Crippen LogP contribution in [0.25, 0.3) is 11.5 Å². The molecule has 0 saturated carbocycles. The van der Waals surface area contributed by atoms with Crippen LogP contribution in [-0.4, -0.2) is 41.7 Å². The van der Waals surface area contributed by atoms with Crippen molar-refractivity contribution in [1.82, 2.24) is 15.1 Å². The predicted molar refractivity (Wildman–Crippen MR) is 123 cm³/mol. The third kappa shape index (κ3) is 4.46. The number of piperidine rings is 1. The molecular weight excluding hydrogens is 464 g/mol. The van der Waals surface area contributed by atoms with Crippen molar-refractivity contribution in [3.8, 4) is 28.7 Å². The number of fused-ring (bicyclic) bond motifs is 1. The highest BCUT2D eigenvalue weighted by Crippen LogP contribution is 2.50. The van der Waals surface area contributed by atoms with Gasteiger partial charge in [0.05, 0.1) is 16.6 Å². The molecule has 1 amide bonds. The zero-order valence-corrected chi connectivity index (χ0v) is 18.9. The maximum absolute atomic E-state index is 12.6. The zero-order chi connectivity index (χ0) is 23.7. The molecule has 1 saturated heterocycles. The van der Waals surface area contributed by atoms with Crippen molar-refractivity contribution in [1.29, 1.82) is 0 Å². The van der Waals surface area contributed by atoms with Gasteiger partial charge in [-0.3, -0.25) is 0 Å². The fourth-order valence-electron chi connectivity index (χ4n) is 4.23. The fraction of sp³-hybridized carbons (Fsp3) is 0.348. The summed E-state index contributed by atoms with van der Waals surface area (Å²) in [6, 6.07) is 11.2. The molecular formula is C23H23ClN4O6. The van der Waals surface area contributed by atoms with Crippen molar-refractivity contribution in [2.45, 2.75) is 31.4 Å². The van der Waals surface area contributed by atoms with Crippen molar-refractivity contribution in [3.05, 3.63) is 57.5 Å². The minimum atomic E-state index is -1.05. The summed E-state index contributed by atoms with van der Waals surface area (Å²) >= 11 is 6.39. The number of carbonyl (C=O) groups is 1. The molecule has 3 aromatic rings. The number of primary amides is 1. The maximum atomic E-state index is 12.6. The number of benzene rings is 2. The number of nitrogens with one attached hydrogen (secondary N) is 1. The summed E-state index contributed by atoms with van der Waals surface area (Å²) in [4.78, 5) is 24.1. The Morgan fingerprint density at radius 3 is 2.74 bits per heavy atom. The van der Waals surface area contributed by atoms with Crippen LogP contribution in [0.1, 0.15) is 24.4 Å². The van der Waals surface area contributed by atoms with Gasteiger partial charge >= 0.3 is 11.8 Å². The van der Waals surface area contributed by atoms with E-state index >= 15 is 0 Å². The molecule has 1 aromatic heterocycles. The fourth-order valence-corrected chi connectivity index (χ4v) is 4.46. The van der Waals surface area contributed by atoms with E-state index in [0.29, 0.717) is 12.0 Å². The van der Waals surface area contributed by atoms with Gasteiger partial charge in [0.1, 0.15) is 12.7 Å². The van der Waals surface area contributed by atoms with Crippen LogP contribution in [0.3, 0.4) is 0 Å². The molecule has 5 rings (SSSR count). The summed E-state index contributed by atoms with van der Waals surface area (Å²) in [6.45, 7) is 1.76. The second-order valence-electron chi connectivity index (χ2n) is 8.15. The molecule has 11 heteroatoms. The lowest BCUT2D eigenvalue weighted by molar-refractivity contribution is 0.0888. The minimum Gasteiger partial charge on any atom is -0.482 e. The molecule has 3 N–H and O–H groups in total. The van der Waals surface area contributed by atoms with Crippen LogP contribution in [-0.2, 0) is 6.42 Å².